The Morgan fingerprint density at radius 2 is 1.84 bits per heavy atom. The van der Waals surface area contributed by atoms with E-state index in [0.717, 1.165) is 18.7 Å². The smallest absolute Gasteiger partial charge is 0.351 e. The lowest BCUT2D eigenvalue weighted by Crippen LogP contribution is -2.29. The zero-order chi connectivity index (χ0) is 17.8. The Bertz CT molecular complexity index is 843. The lowest BCUT2D eigenvalue weighted by Gasteiger charge is -2.28. The van der Waals surface area contributed by atoms with Crippen molar-refractivity contribution >= 4 is 17.5 Å². The first-order valence-electron chi connectivity index (χ1n) is 8.46. The van der Waals surface area contributed by atoms with Crippen LogP contribution in [-0.4, -0.2) is 24.0 Å². The van der Waals surface area contributed by atoms with Crippen molar-refractivity contribution in [3.8, 4) is 5.75 Å². The number of rotatable bonds is 4. The molecule has 1 fully saturated rings. The second-order valence-corrected chi connectivity index (χ2v) is 6.24. The van der Waals surface area contributed by atoms with E-state index in [2.05, 4.69) is 4.90 Å². The average molecular weight is 339 g/mol. The van der Waals surface area contributed by atoms with E-state index in [0.29, 0.717) is 0 Å². The molecule has 1 aromatic carbocycles. The van der Waals surface area contributed by atoms with Crippen molar-refractivity contribution in [1.29, 1.82) is 0 Å². The van der Waals surface area contributed by atoms with Crippen LogP contribution in [0.2, 0.25) is 0 Å². The average Bonchev–Trinajstić information content (AvgIpc) is 2.60. The first-order valence-corrected chi connectivity index (χ1v) is 8.46. The maximum Gasteiger partial charge on any atom is 0.351 e. The number of benzene rings is 1. The highest BCUT2D eigenvalue weighted by Crippen LogP contribution is 2.21. The van der Waals surface area contributed by atoms with Crippen LogP contribution in [0, 0.1) is 6.92 Å². The minimum atomic E-state index is -0.826. The number of piperidine rings is 1. The van der Waals surface area contributed by atoms with Crippen molar-refractivity contribution in [2.24, 2.45) is 0 Å². The Labute approximate surface area is 146 Å². The van der Waals surface area contributed by atoms with Gasteiger partial charge in [-0.15, -0.1) is 0 Å². The van der Waals surface area contributed by atoms with Crippen LogP contribution in [0.25, 0.3) is 6.08 Å². The molecule has 130 valence electrons. The van der Waals surface area contributed by atoms with Gasteiger partial charge in [-0.3, -0.25) is 4.79 Å². The summed E-state index contributed by atoms with van der Waals surface area (Å²) in [6.45, 7) is 3.70. The second-order valence-electron chi connectivity index (χ2n) is 6.24. The van der Waals surface area contributed by atoms with Gasteiger partial charge in [0.25, 0.3) is 0 Å². The fourth-order valence-electron chi connectivity index (χ4n) is 3.03. The molecule has 0 aliphatic carbocycles. The summed E-state index contributed by atoms with van der Waals surface area (Å²) >= 11 is 0. The molecule has 0 radical (unpaired) electrons. The Hall–Kier alpha value is -2.82. The molecule has 1 N–H and O–H groups in total. The Balaban J connectivity index is 1.73. The minimum Gasteiger partial charge on any atom is -0.507 e. The molecule has 0 bridgehead atoms. The van der Waals surface area contributed by atoms with Gasteiger partial charge in [0.1, 0.15) is 17.1 Å². The standard InChI is InChI=1S/C20H21NO4/c1-14-13-18(23)19(20(24)25-14)17(22)10-7-15-5-8-16(9-6-15)21-11-3-2-4-12-21/h5-10,13,23H,2-4,11-12H2,1H3/b10-7+. The van der Waals surface area contributed by atoms with Crippen molar-refractivity contribution in [3.63, 3.8) is 0 Å². The summed E-state index contributed by atoms with van der Waals surface area (Å²) in [5, 5.41) is 9.80. The van der Waals surface area contributed by atoms with E-state index >= 15 is 0 Å². The quantitative estimate of drug-likeness (QED) is 0.681. The fraction of sp³-hybridized carbons (Fsp3) is 0.300. The van der Waals surface area contributed by atoms with E-state index < -0.39 is 11.4 Å². The molecule has 1 saturated heterocycles. The van der Waals surface area contributed by atoms with Crippen LogP contribution in [0.3, 0.4) is 0 Å². The third kappa shape index (κ3) is 3.99. The zero-order valence-corrected chi connectivity index (χ0v) is 14.2. The highest BCUT2D eigenvalue weighted by molar-refractivity contribution is 6.08. The minimum absolute atomic E-state index is 0.260. The van der Waals surface area contributed by atoms with Crippen LogP contribution in [0.15, 0.2) is 45.6 Å². The number of nitrogens with zero attached hydrogens (tertiary/aromatic N) is 1. The number of allylic oxidation sites excluding steroid dienone is 1. The molecule has 2 aromatic rings. The van der Waals surface area contributed by atoms with Crippen molar-refractivity contribution in [3.05, 3.63) is 63.7 Å². The van der Waals surface area contributed by atoms with E-state index in [4.69, 9.17) is 4.42 Å². The van der Waals surface area contributed by atoms with Gasteiger partial charge in [0.05, 0.1) is 0 Å². The normalized spacial score (nSPS) is 14.8. The first kappa shape index (κ1) is 17.0. The van der Waals surface area contributed by atoms with Gasteiger partial charge >= 0.3 is 5.63 Å². The summed E-state index contributed by atoms with van der Waals surface area (Å²) in [7, 11) is 0. The van der Waals surface area contributed by atoms with Crippen LogP contribution in [0.5, 0.6) is 5.75 Å². The van der Waals surface area contributed by atoms with Crippen molar-refractivity contribution < 1.29 is 14.3 Å². The van der Waals surface area contributed by atoms with Crippen LogP contribution < -0.4 is 10.5 Å². The van der Waals surface area contributed by atoms with Gasteiger partial charge in [0, 0.05) is 24.8 Å². The summed E-state index contributed by atoms with van der Waals surface area (Å²) in [6, 6.07) is 9.20. The molecule has 0 saturated carbocycles. The van der Waals surface area contributed by atoms with E-state index in [9.17, 15) is 14.7 Å². The molecule has 1 aromatic heterocycles. The Morgan fingerprint density at radius 3 is 2.48 bits per heavy atom. The van der Waals surface area contributed by atoms with Crippen LogP contribution in [0.1, 0.15) is 40.9 Å². The van der Waals surface area contributed by atoms with Gasteiger partial charge in [0.15, 0.2) is 5.78 Å². The number of hydrogen-bond donors (Lipinski definition) is 1. The molecule has 1 aliphatic heterocycles. The van der Waals surface area contributed by atoms with E-state index in [1.165, 1.54) is 44.0 Å². The number of ketones is 1. The second kappa shape index (κ2) is 7.38. The van der Waals surface area contributed by atoms with Crippen LogP contribution >= 0.6 is 0 Å². The summed E-state index contributed by atoms with van der Waals surface area (Å²) in [4.78, 5) is 26.3. The van der Waals surface area contributed by atoms with Crippen LogP contribution in [-0.2, 0) is 0 Å². The molecule has 1 aliphatic rings. The Kier molecular flexibility index (Phi) is 5.03. The number of carbonyl (C=O) groups excluding carboxylic acids is 1. The molecule has 0 atom stereocenters. The van der Waals surface area contributed by atoms with Crippen molar-refractivity contribution in [1.82, 2.24) is 0 Å². The lowest BCUT2D eigenvalue weighted by molar-refractivity contribution is 0.104. The number of anilines is 1. The molecule has 5 heteroatoms. The predicted molar refractivity (Wildman–Crippen MR) is 97.3 cm³/mol. The molecule has 0 amide bonds. The number of aromatic hydroxyl groups is 1. The van der Waals surface area contributed by atoms with E-state index in [1.54, 1.807) is 6.08 Å². The monoisotopic (exact) mass is 339 g/mol. The maximum absolute atomic E-state index is 12.2. The fourth-order valence-corrected chi connectivity index (χ4v) is 3.03. The highest BCUT2D eigenvalue weighted by Gasteiger charge is 2.16. The summed E-state index contributed by atoms with van der Waals surface area (Å²) < 4.78 is 4.87. The van der Waals surface area contributed by atoms with E-state index in [-0.39, 0.29) is 17.1 Å². The van der Waals surface area contributed by atoms with E-state index in [1.807, 2.05) is 24.3 Å². The van der Waals surface area contributed by atoms with Gasteiger partial charge < -0.3 is 14.4 Å². The molecular formula is C20H21NO4. The predicted octanol–water partition coefficient (Wildman–Crippen LogP) is 3.54. The molecule has 2 heterocycles. The number of hydrogen-bond acceptors (Lipinski definition) is 5. The van der Waals surface area contributed by atoms with Gasteiger partial charge in [0.2, 0.25) is 0 Å². The molecule has 3 rings (SSSR count). The number of carbonyl (C=O) groups is 1. The SMILES string of the molecule is Cc1cc(O)c(C(=O)/C=C/c2ccc(N3CCCCC3)cc2)c(=O)o1. The summed E-state index contributed by atoms with van der Waals surface area (Å²) in [5.74, 6) is -0.675. The third-order valence-electron chi connectivity index (χ3n) is 4.34. The first-order chi connectivity index (χ1) is 12.0. The molecular weight excluding hydrogens is 318 g/mol. The maximum atomic E-state index is 12.2. The third-order valence-corrected chi connectivity index (χ3v) is 4.34. The largest absolute Gasteiger partial charge is 0.507 e. The topological polar surface area (TPSA) is 70.8 Å². The molecule has 0 unspecified atom stereocenters. The van der Waals surface area contributed by atoms with Crippen LogP contribution in [0.4, 0.5) is 5.69 Å². The van der Waals surface area contributed by atoms with Gasteiger partial charge in [-0.1, -0.05) is 18.2 Å². The van der Waals surface area contributed by atoms with Gasteiger partial charge in [-0.05, 0) is 50.0 Å². The van der Waals surface area contributed by atoms with Gasteiger partial charge in [-0.25, -0.2) is 4.79 Å². The zero-order valence-electron chi connectivity index (χ0n) is 14.2. The lowest BCUT2D eigenvalue weighted by atomic mass is 10.1. The molecule has 25 heavy (non-hydrogen) atoms. The van der Waals surface area contributed by atoms with Gasteiger partial charge in [-0.2, -0.15) is 0 Å². The van der Waals surface area contributed by atoms with Crippen molar-refractivity contribution in [2.45, 2.75) is 26.2 Å². The molecule has 5 nitrogen and oxygen atoms in total. The number of aryl methyl sites for hydroxylation is 1. The highest BCUT2D eigenvalue weighted by atomic mass is 16.4. The molecule has 0 spiro atoms. The summed E-state index contributed by atoms with van der Waals surface area (Å²) in [5.41, 5.74) is 0.865. The summed E-state index contributed by atoms with van der Waals surface area (Å²) in [6.07, 6.45) is 6.63. The van der Waals surface area contributed by atoms with Crippen molar-refractivity contribution in [2.75, 3.05) is 18.0 Å². The Morgan fingerprint density at radius 1 is 1.16 bits per heavy atom.